The zero-order chi connectivity index (χ0) is 22.3. The lowest BCUT2D eigenvalue weighted by Gasteiger charge is -2.20. The summed E-state index contributed by atoms with van der Waals surface area (Å²) in [6.07, 6.45) is 1.36. The van der Waals surface area contributed by atoms with Crippen molar-refractivity contribution in [1.82, 2.24) is 0 Å². The molecule has 0 saturated heterocycles. The van der Waals surface area contributed by atoms with Crippen LogP contribution in [0.5, 0.6) is 0 Å². The molecule has 0 aromatic heterocycles. The number of hydrogen-bond donors (Lipinski definition) is 2. The van der Waals surface area contributed by atoms with Gasteiger partial charge in [-0.3, -0.25) is 4.79 Å². The lowest BCUT2D eigenvalue weighted by Crippen LogP contribution is -2.32. The van der Waals surface area contributed by atoms with E-state index < -0.39 is 18.2 Å². The highest BCUT2D eigenvalue weighted by molar-refractivity contribution is 5.96. The monoisotopic (exact) mass is 431 g/mol. The van der Waals surface area contributed by atoms with Crippen LogP contribution in [0.1, 0.15) is 12.0 Å². The van der Waals surface area contributed by atoms with Gasteiger partial charge in [0.1, 0.15) is 0 Å². The number of anilines is 1. The Labute approximate surface area is 186 Å². The van der Waals surface area contributed by atoms with E-state index in [1.165, 1.54) is 22.4 Å². The Bertz CT molecular complexity index is 1130. The molecule has 3 aromatic rings. The second kappa shape index (κ2) is 10.2. The fourth-order valence-electron chi connectivity index (χ4n) is 3.74. The minimum Gasteiger partial charge on any atom is -0.429 e. The number of carbonyl (C=O) groups excluding carboxylic acids is 2. The molecule has 2 N–H and O–H groups in total. The van der Waals surface area contributed by atoms with E-state index in [1.807, 2.05) is 30.3 Å². The number of cyclic esters (lactones) is 1. The summed E-state index contributed by atoms with van der Waals surface area (Å²) in [4.78, 5) is 24.4. The Hall–Kier alpha value is -3.48. The number of aliphatic hydroxyl groups is 1. The molecular weight excluding hydrogens is 406 g/mol. The maximum atomic E-state index is 12.9. The molecule has 0 bridgehead atoms. The standard InChI is InChI=1S/C26H25NO5/c28-24-16-22(26(30)32-24)23(25(29)27-21-10-2-1-3-11-21)17-31-14-6-7-18-12-13-19-8-4-5-9-20(19)15-18/h1-5,8-13,15-16,23,26,30H,6-7,14,17H2,(H,27,29). The molecular formula is C26H25NO5. The van der Waals surface area contributed by atoms with Crippen LogP contribution in [0.15, 0.2) is 84.4 Å². The molecule has 6 heteroatoms. The first-order chi connectivity index (χ1) is 15.6. The van der Waals surface area contributed by atoms with Gasteiger partial charge in [-0.25, -0.2) is 4.79 Å². The van der Waals surface area contributed by atoms with Gasteiger partial charge < -0.3 is 19.9 Å². The van der Waals surface area contributed by atoms with E-state index in [9.17, 15) is 14.7 Å². The fraction of sp³-hybridized carbons (Fsp3) is 0.231. The van der Waals surface area contributed by atoms with Gasteiger partial charge in [0.05, 0.1) is 12.5 Å². The van der Waals surface area contributed by atoms with Gasteiger partial charge in [0, 0.05) is 23.9 Å². The molecule has 0 radical (unpaired) electrons. The highest BCUT2D eigenvalue weighted by Gasteiger charge is 2.34. The number of hydrogen-bond acceptors (Lipinski definition) is 5. The number of nitrogens with one attached hydrogen (secondary N) is 1. The average Bonchev–Trinajstić information content (AvgIpc) is 3.14. The first-order valence-corrected chi connectivity index (χ1v) is 10.6. The van der Waals surface area contributed by atoms with Crippen LogP contribution in [-0.2, 0) is 25.5 Å². The van der Waals surface area contributed by atoms with Crippen molar-refractivity contribution < 1.29 is 24.2 Å². The normalized spacial score (nSPS) is 16.5. The number of fused-ring (bicyclic) bond motifs is 1. The summed E-state index contributed by atoms with van der Waals surface area (Å²) < 4.78 is 10.5. The first-order valence-electron chi connectivity index (χ1n) is 10.6. The summed E-state index contributed by atoms with van der Waals surface area (Å²) in [5.74, 6) is -1.87. The summed E-state index contributed by atoms with van der Waals surface area (Å²) in [6.45, 7) is 0.482. The zero-order valence-corrected chi connectivity index (χ0v) is 17.6. The topological polar surface area (TPSA) is 84.9 Å². The second-order valence-corrected chi connectivity index (χ2v) is 7.70. The predicted octanol–water partition coefficient (Wildman–Crippen LogP) is 3.85. The molecule has 4 rings (SSSR count). The number of amides is 1. The van der Waals surface area contributed by atoms with E-state index in [4.69, 9.17) is 9.47 Å². The molecule has 0 fully saturated rings. The number of carbonyl (C=O) groups is 2. The number of ether oxygens (including phenoxy) is 2. The van der Waals surface area contributed by atoms with E-state index in [1.54, 1.807) is 12.1 Å². The summed E-state index contributed by atoms with van der Waals surface area (Å²) in [5.41, 5.74) is 2.05. The highest BCUT2D eigenvalue weighted by atomic mass is 16.6. The van der Waals surface area contributed by atoms with Gasteiger partial charge in [-0.15, -0.1) is 0 Å². The fourth-order valence-corrected chi connectivity index (χ4v) is 3.74. The average molecular weight is 431 g/mol. The Morgan fingerprint density at radius 1 is 1.03 bits per heavy atom. The minimum absolute atomic E-state index is 0.0376. The Morgan fingerprint density at radius 3 is 2.53 bits per heavy atom. The van der Waals surface area contributed by atoms with Crippen molar-refractivity contribution >= 4 is 28.3 Å². The molecule has 32 heavy (non-hydrogen) atoms. The maximum Gasteiger partial charge on any atom is 0.333 e. The van der Waals surface area contributed by atoms with E-state index in [2.05, 4.69) is 35.6 Å². The van der Waals surface area contributed by atoms with Gasteiger partial charge in [0.25, 0.3) is 0 Å². The van der Waals surface area contributed by atoms with Crippen LogP contribution < -0.4 is 5.32 Å². The third-order valence-corrected chi connectivity index (χ3v) is 5.41. The molecule has 0 aliphatic carbocycles. The van der Waals surface area contributed by atoms with Gasteiger partial charge in [-0.1, -0.05) is 60.7 Å². The largest absolute Gasteiger partial charge is 0.429 e. The Kier molecular flexibility index (Phi) is 6.94. The van der Waals surface area contributed by atoms with Crippen LogP contribution in [0.3, 0.4) is 0 Å². The van der Waals surface area contributed by atoms with Gasteiger partial charge in [-0.2, -0.15) is 0 Å². The van der Waals surface area contributed by atoms with E-state index in [-0.39, 0.29) is 18.1 Å². The molecule has 164 valence electrons. The van der Waals surface area contributed by atoms with Crippen molar-refractivity contribution in [3.63, 3.8) is 0 Å². The lowest BCUT2D eigenvalue weighted by molar-refractivity contribution is -0.152. The van der Waals surface area contributed by atoms with Crippen LogP contribution in [0.25, 0.3) is 10.8 Å². The van der Waals surface area contributed by atoms with Crippen molar-refractivity contribution in [3.05, 3.63) is 90.0 Å². The van der Waals surface area contributed by atoms with Gasteiger partial charge in [-0.05, 0) is 41.3 Å². The number of para-hydroxylation sites is 1. The van der Waals surface area contributed by atoms with Crippen LogP contribution in [0.4, 0.5) is 5.69 Å². The summed E-state index contributed by atoms with van der Waals surface area (Å²) >= 11 is 0. The summed E-state index contributed by atoms with van der Waals surface area (Å²) in [6, 6.07) is 23.6. The summed E-state index contributed by atoms with van der Waals surface area (Å²) in [7, 11) is 0. The van der Waals surface area contributed by atoms with Crippen LogP contribution >= 0.6 is 0 Å². The summed E-state index contributed by atoms with van der Waals surface area (Å²) in [5, 5.41) is 15.2. The zero-order valence-electron chi connectivity index (χ0n) is 17.6. The third kappa shape index (κ3) is 5.41. The van der Waals surface area contributed by atoms with Gasteiger partial charge in [0.2, 0.25) is 12.2 Å². The molecule has 1 amide bonds. The molecule has 0 saturated carbocycles. The number of esters is 1. The van der Waals surface area contributed by atoms with Crippen molar-refractivity contribution in [2.75, 3.05) is 18.5 Å². The van der Waals surface area contributed by atoms with Crippen molar-refractivity contribution in [1.29, 1.82) is 0 Å². The Balaban J connectivity index is 1.34. The van der Waals surface area contributed by atoms with Gasteiger partial charge >= 0.3 is 5.97 Å². The quantitative estimate of drug-likeness (QED) is 0.397. The first kappa shape index (κ1) is 21.7. The number of aliphatic hydroxyl groups excluding tert-OH is 1. The van der Waals surface area contributed by atoms with E-state index in [0.717, 1.165) is 12.8 Å². The van der Waals surface area contributed by atoms with Crippen molar-refractivity contribution in [2.45, 2.75) is 19.1 Å². The lowest BCUT2D eigenvalue weighted by atomic mass is 9.98. The molecule has 1 aliphatic rings. The predicted molar refractivity (Wildman–Crippen MR) is 122 cm³/mol. The molecule has 2 unspecified atom stereocenters. The maximum absolute atomic E-state index is 12.9. The highest BCUT2D eigenvalue weighted by Crippen LogP contribution is 2.24. The smallest absolute Gasteiger partial charge is 0.333 e. The van der Waals surface area contributed by atoms with E-state index in [0.29, 0.717) is 12.3 Å². The van der Waals surface area contributed by atoms with Crippen LogP contribution in [-0.4, -0.2) is 36.5 Å². The molecule has 1 heterocycles. The SMILES string of the molecule is O=C1C=C(C(COCCCc2ccc3ccccc3c2)C(=O)Nc2ccccc2)C(O)O1. The molecule has 0 spiro atoms. The molecule has 1 aliphatic heterocycles. The molecule has 6 nitrogen and oxygen atoms in total. The van der Waals surface area contributed by atoms with Crippen molar-refractivity contribution in [3.8, 4) is 0 Å². The molecule has 2 atom stereocenters. The van der Waals surface area contributed by atoms with Crippen molar-refractivity contribution in [2.24, 2.45) is 5.92 Å². The minimum atomic E-state index is -1.43. The van der Waals surface area contributed by atoms with Gasteiger partial charge in [0.15, 0.2) is 0 Å². The number of aryl methyl sites for hydroxylation is 1. The Morgan fingerprint density at radius 2 is 1.78 bits per heavy atom. The van der Waals surface area contributed by atoms with E-state index >= 15 is 0 Å². The molecule has 3 aromatic carbocycles. The third-order valence-electron chi connectivity index (χ3n) is 5.41. The second-order valence-electron chi connectivity index (χ2n) is 7.70. The van der Waals surface area contributed by atoms with Crippen LogP contribution in [0.2, 0.25) is 0 Å². The number of rotatable bonds is 9. The number of benzene rings is 3. The van der Waals surface area contributed by atoms with Crippen LogP contribution in [0, 0.1) is 5.92 Å².